The van der Waals surface area contributed by atoms with E-state index in [1.807, 2.05) is 0 Å². The van der Waals surface area contributed by atoms with Crippen molar-refractivity contribution < 1.29 is 37.7 Å². The molecule has 0 unspecified atom stereocenters. The molecule has 0 aromatic heterocycles. The van der Waals surface area contributed by atoms with Gasteiger partial charge in [-0.3, -0.25) is 0 Å². The molecule has 2 aromatic rings. The SMILES string of the molecule is O=C(OCCOc1cccc2c(O)cccc12)C(F)(F)SO[O-]. The first kappa shape index (κ1) is 17.3. The smallest absolute Gasteiger partial charge is 0.412 e. The molecule has 6 nitrogen and oxygen atoms in total. The lowest BCUT2D eigenvalue weighted by Crippen LogP contribution is -2.29. The topological polar surface area (TPSA) is 88.1 Å². The summed E-state index contributed by atoms with van der Waals surface area (Å²) in [7, 11) is 0. The summed E-state index contributed by atoms with van der Waals surface area (Å²) in [6.45, 7) is -0.622. The summed E-state index contributed by atoms with van der Waals surface area (Å²) in [6, 6.07) is 9.83. The number of carbonyl (C=O) groups excluding carboxylic acids is 1. The van der Waals surface area contributed by atoms with Crippen molar-refractivity contribution in [3.8, 4) is 11.5 Å². The summed E-state index contributed by atoms with van der Waals surface area (Å²) in [5.41, 5.74) is 0. The van der Waals surface area contributed by atoms with E-state index in [0.29, 0.717) is 16.5 Å². The summed E-state index contributed by atoms with van der Waals surface area (Å²) in [5.74, 6) is -1.41. The van der Waals surface area contributed by atoms with E-state index in [-0.39, 0.29) is 12.4 Å². The molecule has 0 bridgehead atoms. The van der Waals surface area contributed by atoms with Gasteiger partial charge in [-0.2, -0.15) is 8.78 Å². The zero-order chi connectivity index (χ0) is 16.9. The summed E-state index contributed by atoms with van der Waals surface area (Å²) >= 11 is -0.832. The molecule has 0 fully saturated rings. The van der Waals surface area contributed by atoms with Crippen LogP contribution in [0.25, 0.3) is 10.8 Å². The Bertz CT molecular complexity index is 694. The molecular weight excluding hydrogens is 334 g/mol. The maximum absolute atomic E-state index is 12.9. The lowest BCUT2D eigenvalue weighted by Gasteiger charge is -2.15. The van der Waals surface area contributed by atoms with Crippen LogP contribution in [0.3, 0.4) is 0 Å². The van der Waals surface area contributed by atoms with Crippen molar-refractivity contribution in [3.05, 3.63) is 36.4 Å². The highest BCUT2D eigenvalue weighted by Crippen LogP contribution is 2.31. The zero-order valence-electron chi connectivity index (χ0n) is 11.5. The Kier molecular flexibility index (Phi) is 5.59. The third-order valence-electron chi connectivity index (χ3n) is 2.81. The van der Waals surface area contributed by atoms with Crippen molar-refractivity contribution in [1.82, 2.24) is 0 Å². The third-order valence-corrected chi connectivity index (χ3v) is 3.25. The Balaban J connectivity index is 1.93. The van der Waals surface area contributed by atoms with E-state index in [1.165, 1.54) is 6.07 Å². The fourth-order valence-corrected chi connectivity index (χ4v) is 2.05. The molecule has 0 amide bonds. The molecule has 0 saturated carbocycles. The van der Waals surface area contributed by atoms with E-state index in [0.717, 1.165) is 0 Å². The first-order chi connectivity index (χ1) is 11.0. The predicted octanol–water partition coefficient (Wildman–Crippen LogP) is 2.00. The highest BCUT2D eigenvalue weighted by atomic mass is 32.2. The van der Waals surface area contributed by atoms with E-state index < -0.39 is 29.9 Å². The number of alkyl halides is 2. The van der Waals surface area contributed by atoms with E-state index >= 15 is 0 Å². The van der Waals surface area contributed by atoms with Gasteiger partial charge in [0.25, 0.3) is 0 Å². The van der Waals surface area contributed by atoms with Crippen molar-refractivity contribution in [1.29, 1.82) is 0 Å². The Morgan fingerprint density at radius 3 is 2.61 bits per heavy atom. The highest BCUT2D eigenvalue weighted by Gasteiger charge is 2.42. The molecule has 9 heteroatoms. The minimum absolute atomic E-state index is 0.0775. The van der Waals surface area contributed by atoms with Gasteiger partial charge in [-0.15, -0.1) is 0 Å². The summed E-state index contributed by atoms with van der Waals surface area (Å²) in [5, 5.41) is 16.5. The van der Waals surface area contributed by atoms with Gasteiger partial charge in [-0.1, -0.05) is 24.3 Å². The number of hydrogen-bond donors (Lipinski definition) is 1. The summed E-state index contributed by atoms with van der Waals surface area (Å²) in [6.07, 6.45) is 0. The van der Waals surface area contributed by atoms with Crippen molar-refractivity contribution in [3.63, 3.8) is 0 Å². The molecule has 0 spiro atoms. The number of hydrogen-bond acceptors (Lipinski definition) is 7. The van der Waals surface area contributed by atoms with Crippen LogP contribution < -0.4 is 9.99 Å². The van der Waals surface area contributed by atoms with E-state index in [9.17, 15) is 23.9 Å². The minimum Gasteiger partial charge on any atom is -0.710 e. The number of carbonyl (C=O) groups is 1. The number of phenolic OH excluding ortho intramolecular Hbond substituents is 1. The van der Waals surface area contributed by atoms with Crippen LogP contribution >= 0.6 is 12.0 Å². The number of phenols is 1. The van der Waals surface area contributed by atoms with Gasteiger partial charge < -0.3 is 24.2 Å². The first-order valence-electron chi connectivity index (χ1n) is 6.32. The maximum Gasteiger partial charge on any atom is 0.412 e. The second kappa shape index (κ2) is 7.44. The average molecular weight is 345 g/mol. The fourth-order valence-electron chi connectivity index (χ4n) is 1.84. The standard InChI is InChI=1S/C14H12F2O6S/c15-14(16,23-22-19)13(18)21-8-7-20-12-6-2-3-9-10(12)4-1-5-11(9)17/h1-6,17,19H,7-8H2/p-1. The second-order valence-electron chi connectivity index (χ2n) is 4.28. The van der Waals surface area contributed by atoms with Gasteiger partial charge in [0, 0.05) is 10.8 Å². The van der Waals surface area contributed by atoms with Crippen LogP contribution in [0.1, 0.15) is 0 Å². The van der Waals surface area contributed by atoms with Gasteiger partial charge >= 0.3 is 11.2 Å². The Morgan fingerprint density at radius 1 is 1.17 bits per heavy atom. The number of ether oxygens (including phenoxy) is 2. The number of benzene rings is 2. The quantitative estimate of drug-likeness (QED) is 0.270. The van der Waals surface area contributed by atoms with Crippen molar-refractivity contribution in [2.45, 2.75) is 5.25 Å². The Hall–Kier alpha value is -2.10. The number of halogens is 2. The van der Waals surface area contributed by atoms with Gasteiger partial charge in [0.15, 0.2) is 0 Å². The third kappa shape index (κ3) is 4.21. The molecule has 0 saturated heterocycles. The molecule has 2 aromatic carbocycles. The van der Waals surface area contributed by atoms with Crippen LogP contribution in [0.4, 0.5) is 8.78 Å². The molecule has 2 rings (SSSR count). The summed E-state index contributed by atoms with van der Waals surface area (Å²) in [4.78, 5) is 11.0. The van der Waals surface area contributed by atoms with Crippen LogP contribution in [0.5, 0.6) is 11.5 Å². The Morgan fingerprint density at radius 2 is 1.87 bits per heavy atom. The molecule has 0 atom stereocenters. The lowest BCUT2D eigenvalue weighted by molar-refractivity contribution is -0.630. The van der Waals surface area contributed by atoms with Crippen LogP contribution in [0.15, 0.2) is 36.4 Å². The summed E-state index contributed by atoms with van der Waals surface area (Å²) < 4.78 is 38.4. The van der Waals surface area contributed by atoms with Crippen LogP contribution in [-0.4, -0.2) is 29.5 Å². The lowest BCUT2D eigenvalue weighted by atomic mass is 10.1. The molecule has 0 radical (unpaired) electrons. The molecule has 0 aliphatic heterocycles. The number of fused-ring (bicyclic) bond motifs is 1. The largest absolute Gasteiger partial charge is 0.710 e. The Labute approximate surface area is 133 Å². The van der Waals surface area contributed by atoms with Gasteiger partial charge in [-0.25, -0.2) is 4.79 Å². The molecular formula is C14H11F2O6S-. The molecule has 0 aliphatic rings. The molecule has 0 aliphatic carbocycles. The molecule has 1 N–H and O–H groups in total. The van der Waals surface area contributed by atoms with Gasteiger partial charge in [-0.05, 0) is 12.1 Å². The van der Waals surface area contributed by atoms with Gasteiger partial charge in [0.1, 0.15) is 24.7 Å². The normalized spacial score (nSPS) is 11.4. The maximum atomic E-state index is 12.9. The van der Waals surface area contributed by atoms with Crippen LogP contribution in [0.2, 0.25) is 0 Å². The van der Waals surface area contributed by atoms with Crippen molar-refractivity contribution in [2.24, 2.45) is 0 Å². The monoisotopic (exact) mass is 345 g/mol. The molecule has 0 heterocycles. The van der Waals surface area contributed by atoms with Gasteiger partial charge in [0.05, 0.1) is 12.0 Å². The molecule has 124 valence electrons. The number of esters is 1. The van der Waals surface area contributed by atoms with Crippen LogP contribution in [0, 0.1) is 0 Å². The number of rotatable bonds is 7. The van der Waals surface area contributed by atoms with E-state index in [2.05, 4.69) is 9.07 Å². The van der Waals surface area contributed by atoms with E-state index in [4.69, 9.17) is 4.74 Å². The average Bonchev–Trinajstić information content (AvgIpc) is 2.52. The first-order valence-corrected chi connectivity index (χ1v) is 7.06. The second-order valence-corrected chi connectivity index (χ2v) is 5.10. The zero-order valence-corrected chi connectivity index (χ0v) is 12.3. The fraction of sp³-hybridized carbons (Fsp3) is 0.214. The van der Waals surface area contributed by atoms with Crippen molar-refractivity contribution >= 4 is 28.8 Å². The van der Waals surface area contributed by atoms with Crippen LogP contribution in [-0.2, 0) is 13.9 Å². The highest BCUT2D eigenvalue weighted by molar-refractivity contribution is 7.96. The van der Waals surface area contributed by atoms with Gasteiger partial charge in [0.2, 0.25) is 0 Å². The number of aromatic hydroxyl groups is 1. The van der Waals surface area contributed by atoms with E-state index in [1.54, 1.807) is 30.3 Å². The minimum atomic E-state index is -4.08. The molecule has 23 heavy (non-hydrogen) atoms. The predicted molar refractivity (Wildman–Crippen MR) is 75.7 cm³/mol. The van der Waals surface area contributed by atoms with Crippen molar-refractivity contribution in [2.75, 3.05) is 13.2 Å².